The molecule has 0 aliphatic rings. The Morgan fingerprint density at radius 3 is 2.45 bits per heavy atom. The minimum Gasteiger partial charge on any atom is -0.481 e. The number of anilines is 1. The van der Waals surface area contributed by atoms with Crippen molar-refractivity contribution in [2.24, 2.45) is 0 Å². The molecule has 4 N–H and O–H groups in total. The topological polar surface area (TPSA) is 132 Å². The van der Waals surface area contributed by atoms with Gasteiger partial charge in [0.15, 0.2) is 5.69 Å². The largest absolute Gasteiger partial charge is 0.481 e. The molecule has 11 heteroatoms. The number of hydrogen-bond acceptors (Lipinski definition) is 5. The molecule has 1 atom stereocenters. The predicted octanol–water partition coefficient (Wildman–Crippen LogP) is 0.129. The van der Waals surface area contributed by atoms with Crippen LogP contribution in [0.4, 0.5) is 19.1 Å². The molecule has 1 heterocycles. The Morgan fingerprint density at radius 2 is 2.00 bits per heavy atom. The third-order valence-electron chi connectivity index (χ3n) is 2.02. The van der Waals surface area contributed by atoms with Crippen LogP contribution in [0.15, 0.2) is 10.9 Å². The lowest BCUT2D eigenvalue weighted by molar-refractivity contribution is -0.144. The zero-order valence-electron chi connectivity index (χ0n) is 9.56. The van der Waals surface area contributed by atoms with Crippen molar-refractivity contribution < 1.29 is 33.0 Å². The van der Waals surface area contributed by atoms with Crippen LogP contribution in [0.1, 0.15) is 12.1 Å². The van der Waals surface area contributed by atoms with Gasteiger partial charge in [-0.3, -0.25) is 14.6 Å². The molecule has 8 nitrogen and oxygen atoms in total. The minimum atomic E-state index is -4.89. The monoisotopic (exact) mass is 295 g/mol. The molecule has 0 saturated heterocycles. The number of aromatic amines is 1. The Kier molecular flexibility index (Phi) is 4.32. The maximum atomic E-state index is 12.4. The van der Waals surface area contributed by atoms with Crippen LogP contribution in [0.25, 0.3) is 0 Å². The normalized spacial score (nSPS) is 12.8. The Hall–Kier alpha value is -2.59. The summed E-state index contributed by atoms with van der Waals surface area (Å²) in [7, 11) is 0. The van der Waals surface area contributed by atoms with E-state index in [1.165, 1.54) is 0 Å². The third kappa shape index (κ3) is 4.26. The van der Waals surface area contributed by atoms with E-state index in [0.717, 1.165) is 0 Å². The van der Waals surface area contributed by atoms with Crippen LogP contribution in [0.2, 0.25) is 0 Å². The van der Waals surface area contributed by atoms with E-state index in [2.05, 4.69) is 4.98 Å². The first-order valence-electron chi connectivity index (χ1n) is 4.99. The summed E-state index contributed by atoms with van der Waals surface area (Å²) >= 11 is 0. The van der Waals surface area contributed by atoms with Crippen LogP contribution in [0, 0.1) is 0 Å². The fraction of sp³-hybridized carbons (Fsp3) is 0.333. The number of aliphatic carboxylic acids is 2. The van der Waals surface area contributed by atoms with Gasteiger partial charge in [-0.2, -0.15) is 13.2 Å². The lowest BCUT2D eigenvalue weighted by Gasteiger charge is -2.13. The molecule has 1 aromatic rings. The van der Waals surface area contributed by atoms with Gasteiger partial charge in [0.2, 0.25) is 5.95 Å². The average Bonchev–Trinajstić information content (AvgIpc) is 2.25. The molecule has 0 saturated carbocycles. The van der Waals surface area contributed by atoms with Crippen LogP contribution < -0.4 is 10.9 Å². The molecule has 20 heavy (non-hydrogen) atoms. The van der Waals surface area contributed by atoms with Crippen LogP contribution in [0.5, 0.6) is 0 Å². The van der Waals surface area contributed by atoms with Crippen molar-refractivity contribution in [2.45, 2.75) is 18.6 Å². The first-order chi connectivity index (χ1) is 9.09. The smallest absolute Gasteiger partial charge is 0.433 e. The summed E-state index contributed by atoms with van der Waals surface area (Å²) in [5, 5.41) is 19.1. The van der Waals surface area contributed by atoms with E-state index in [4.69, 9.17) is 10.2 Å². The minimum absolute atomic E-state index is 0.193. The zero-order valence-corrected chi connectivity index (χ0v) is 9.56. The van der Waals surface area contributed by atoms with Crippen LogP contribution in [-0.2, 0) is 15.8 Å². The molecule has 1 rings (SSSR count). The second-order valence-corrected chi connectivity index (χ2v) is 3.61. The molecule has 0 radical (unpaired) electrons. The number of carboxylic acid groups (broad SMARTS) is 2. The summed E-state index contributed by atoms with van der Waals surface area (Å²) in [6.07, 6.45) is -5.80. The lowest BCUT2D eigenvalue weighted by Crippen LogP contribution is -2.33. The van der Waals surface area contributed by atoms with Crippen molar-refractivity contribution in [3.8, 4) is 0 Å². The summed E-state index contributed by atoms with van der Waals surface area (Å²) in [4.78, 5) is 37.0. The zero-order chi connectivity index (χ0) is 15.5. The molecular weight excluding hydrogens is 287 g/mol. The second kappa shape index (κ2) is 5.59. The molecule has 0 aromatic carbocycles. The number of halogens is 3. The number of nitrogens with one attached hydrogen (secondary N) is 2. The summed E-state index contributed by atoms with van der Waals surface area (Å²) in [5.41, 5.74) is -2.68. The van der Waals surface area contributed by atoms with E-state index in [1.807, 2.05) is 10.3 Å². The highest BCUT2D eigenvalue weighted by Gasteiger charge is 2.34. The molecule has 0 aliphatic carbocycles. The molecule has 0 spiro atoms. The van der Waals surface area contributed by atoms with Crippen molar-refractivity contribution in [1.29, 1.82) is 0 Å². The van der Waals surface area contributed by atoms with Crippen LogP contribution in [0.3, 0.4) is 0 Å². The van der Waals surface area contributed by atoms with Gasteiger partial charge in [0.05, 0.1) is 6.42 Å². The number of rotatable bonds is 5. The standard InChI is InChI=1S/C9H8F3N3O5/c10-9(11,12)4-2-5(16)15-8(14-4)13-3(7(19)20)1-6(17)18/h2-3H,1H2,(H,17,18)(H,19,20)(H2,13,14,15,16). The molecule has 110 valence electrons. The van der Waals surface area contributed by atoms with Gasteiger partial charge < -0.3 is 15.5 Å². The molecule has 1 aromatic heterocycles. The fourth-order valence-corrected chi connectivity index (χ4v) is 1.21. The summed E-state index contributed by atoms with van der Waals surface area (Å²) in [6, 6.07) is -1.54. The molecule has 0 bridgehead atoms. The van der Waals surface area contributed by atoms with Gasteiger partial charge in [-0.15, -0.1) is 0 Å². The number of carbonyl (C=O) groups is 2. The van der Waals surface area contributed by atoms with Crippen molar-refractivity contribution in [1.82, 2.24) is 9.97 Å². The number of H-pyrrole nitrogens is 1. The van der Waals surface area contributed by atoms with Gasteiger partial charge >= 0.3 is 18.1 Å². The SMILES string of the molecule is O=C(O)CC(Nc1nc(C(F)(F)F)cc(=O)[nH]1)C(=O)O. The van der Waals surface area contributed by atoms with E-state index in [0.29, 0.717) is 0 Å². The lowest BCUT2D eigenvalue weighted by atomic mass is 10.2. The van der Waals surface area contributed by atoms with Crippen molar-refractivity contribution in [3.05, 3.63) is 22.1 Å². The maximum Gasteiger partial charge on any atom is 0.433 e. The van der Waals surface area contributed by atoms with E-state index < -0.39 is 47.8 Å². The Balaban J connectivity index is 3.07. The van der Waals surface area contributed by atoms with Crippen LogP contribution in [-0.4, -0.2) is 38.2 Å². The highest BCUT2D eigenvalue weighted by molar-refractivity contribution is 5.82. The van der Waals surface area contributed by atoms with E-state index in [9.17, 15) is 27.6 Å². The number of nitrogens with zero attached hydrogens (tertiary/aromatic N) is 1. The van der Waals surface area contributed by atoms with Crippen molar-refractivity contribution in [2.75, 3.05) is 5.32 Å². The Bertz CT molecular complexity index is 583. The van der Waals surface area contributed by atoms with Gasteiger partial charge in [-0.05, 0) is 0 Å². The summed E-state index contributed by atoms with van der Waals surface area (Å²) in [5.74, 6) is -3.88. The van der Waals surface area contributed by atoms with Crippen molar-refractivity contribution >= 4 is 17.9 Å². The Labute approximate surface area is 108 Å². The average molecular weight is 295 g/mol. The second-order valence-electron chi connectivity index (χ2n) is 3.61. The van der Waals surface area contributed by atoms with Gasteiger partial charge in [-0.1, -0.05) is 0 Å². The predicted molar refractivity (Wildman–Crippen MR) is 57.2 cm³/mol. The first-order valence-corrected chi connectivity index (χ1v) is 4.99. The number of aromatic nitrogens is 2. The molecule has 0 amide bonds. The highest BCUT2D eigenvalue weighted by Crippen LogP contribution is 2.26. The molecule has 1 unspecified atom stereocenters. The molecule has 0 aliphatic heterocycles. The summed E-state index contributed by atoms with van der Waals surface area (Å²) in [6.45, 7) is 0. The number of alkyl halides is 3. The molecular formula is C9H8F3N3O5. The quantitative estimate of drug-likeness (QED) is 0.606. The summed E-state index contributed by atoms with van der Waals surface area (Å²) < 4.78 is 37.2. The van der Waals surface area contributed by atoms with Gasteiger partial charge in [0, 0.05) is 6.07 Å². The van der Waals surface area contributed by atoms with Gasteiger partial charge in [0.1, 0.15) is 6.04 Å². The van der Waals surface area contributed by atoms with Crippen LogP contribution >= 0.6 is 0 Å². The van der Waals surface area contributed by atoms with Gasteiger partial charge in [-0.25, -0.2) is 9.78 Å². The number of hydrogen-bond donors (Lipinski definition) is 4. The third-order valence-corrected chi connectivity index (χ3v) is 2.02. The van der Waals surface area contributed by atoms with E-state index in [-0.39, 0.29) is 6.07 Å². The number of carboxylic acids is 2. The van der Waals surface area contributed by atoms with Crippen molar-refractivity contribution in [3.63, 3.8) is 0 Å². The van der Waals surface area contributed by atoms with Gasteiger partial charge in [0.25, 0.3) is 5.56 Å². The fourth-order valence-electron chi connectivity index (χ4n) is 1.21. The highest BCUT2D eigenvalue weighted by atomic mass is 19.4. The Morgan fingerprint density at radius 1 is 1.40 bits per heavy atom. The van der Waals surface area contributed by atoms with E-state index in [1.54, 1.807) is 0 Å². The first kappa shape index (κ1) is 15.5. The molecule has 0 fully saturated rings. The maximum absolute atomic E-state index is 12.4. The van der Waals surface area contributed by atoms with E-state index >= 15 is 0 Å².